The molecule has 0 amide bonds. The third kappa shape index (κ3) is 1.87. The molecule has 0 bridgehead atoms. The van der Waals surface area contributed by atoms with Gasteiger partial charge in [-0.3, -0.25) is 0 Å². The van der Waals surface area contributed by atoms with Gasteiger partial charge < -0.3 is 0 Å². The number of rotatable bonds is 1. The van der Waals surface area contributed by atoms with E-state index in [1.54, 1.807) is 11.3 Å². The summed E-state index contributed by atoms with van der Waals surface area (Å²) in [5, 5.41) is 2.14. The molecule has 66 valence electrons. The lowest BCUT2D eigenvalue weighted by molar-refractivity contribution is 1.65. The van der Waals surface area contributed by atoms with Gasteiger partial charge in [0.05, 0.1) is 8.26 Å². The molecule has 1 heterocycles. The quantitative estimate of drug-likeness (QED) is 0.699. The molecule has 0 spiro atoms. The highest BCUT2D eigenvalue weighted by molar-refractivity contribution is 9.13. The summed E-state index contributed by atoms with van der Waals surface area (Å²) >= 11 is 8.73. The Morgan fingerprint density at radius 2 is 1.69 bits per heavy atom. The van der Waals surface area contributed by atoms with Crippen LogP contribution in [-0.4, -0.2) is 0 Å². The SMILES string of the molecule is Brc1scc(-c2ccccc2)c1Br. The molecular weight excluding hydrogens is 312 g/mol. The molecule has 0 aliphatic heterocycles. The number of hydrogen-bond donors (Lipinski definition) is 0. The average Bonchev–Trinajstić information content (AvgIpc) is 2.49. The first-order valence-electron chi connectivity index (χ1n) is 3.77. The highest BCUT2D eigenvalue weighted by Crippen LogP contribution is 2.39. The van der Waals surface area contributed by atoms with Crippen molar-refractivity contribution in [3.63, 3.8) is 0 Å². The Balaban J connectivity index is 2.53. The molecule has 0 saturated carbocycles. The van der Waals surface area contributed by atoms with Gasteiger partial charge in [0.1, 0.15) is 0 Å². The molecule has 0 nitrogen and oxygen atoms in total. The summed E-state index contributed by atoms with van der Waals surface area (Å²) in [6, 6.07) is 10.3. The van der Waals surface area contributed by atoms with E-state index < -0.39 is 0 Å². The van der Waals surface area contributed by atoms with Crippen molar-refractivity contribution in [1.82, 2.24) is 0 Å². The second kappa shape index (κ2) is 3.95. The molecule has 2 rings (SSSR count). The zero-order valence-electron chi connectivity index (χ0n) is 6.63. The molecule has 0 atom stereocenters. The normalized spacial score (nSPS) is 10.3. The van der Waals surface area contributed by atoms with Crippen LogP contribution in [0.1, 0.15) is 0 Å². The Morgan fingerprint density at radius 3 is 2.23 bits per heavy atom. The lowest BCUT2D eigenvalue weighted by Crippen LogP contribution is -1.72. The van der Waals surface area contributed by atoms with Crippen LogP contribution in [-0.2, 0) is 0 Å². The topological polar surface area (TPSA) is 0 Å². The van der Waals surface area contributed by atoms with E-state index in [2.05, 4.69) is 49.4 Å². The molecule has 0 aliphatic rings. The molecule has 2 aromatic rings. The van der Waals surface area contributed by atoms with Crippen LogP contribution in [0.15, 0.2) is 44.0 Å². The van der Waals surface area contributed by atoms with E-state index >= 15 is 0 Å². The van der Waals surface area contributed by atoms with Crippen LogP contribution < -0.4 is 0 Å². The molecule has 0 fully saturated rings. The van der Waals surface area contributed by atoms with Gasteiger partial charge in [-0.25, -0.2) is 0 Å². The number of hydrogen-bond acceptors (Lipinski definition) is 1. The van der Waals surface area contributed by atoms with Crippen molar-refractivity contribution < 1.29 is 0 Å². The van der Waals surface area contributed by atoms with Gasteiger partial charge in [0, 0.05) is 10.9 Å². The van der Waals surface area contributed by atoms with Crippen LogP contribution in [0.2, 0.25) is 0 Å². The zero-order valence-corrected chi connectivity index (χ0v) is 10.6. The Hall–Kier alpha value is -0.120. The van der Waals surface area contributed by atoms with Crippen molar-refractivity contribution in [2.24, 2.45) is 0 Å². The monoisotopic (exact) mass is 316 g/mol. The first-order chi connectivity index (χ1) is 6.29. The second-order valence-corrected chi connectivity index (χ2v) is 5.59. The predicted molar refractivity (Wildman–Crippen MR) is 65.2 cm³/mol. The molecule has 1 aromatic carbocycles. The van der Waals surface area contributed by atoms with Crippen LogP contribution in [0.25, 0.3) is 11.1 Å². The van der Waals surface area contributed by atoms with E-state index in [1.165, 1.54) is 11.1 Å². The average molecular weight is 318 g/mol. The highest BCUT2D eigenvalue weighted by atomic mass is 79.9. The fourth-order valence-electron chi connectivity index (χ4n) is 1.13. The Bertz CT molecular complexity index is 406. The summed E-state index contributed by atoms with van der Waals surface area (Å²) < 4.78 is 2.29. The molecule has 0 N–H and O–H groups in total. The molecule has 0 saturated heterocycles. The summed E-state index contributed by atoms with van der Waals surface area (Å²) in [6.07, 6.45) is 0. The third-order valence-electron chi connectivity index (χ3n) is 1.77. The minimum atomic E-state index is 1.14. The van der Waals surface area contributed by atoms with Gasteiger partial charge >= 0.3 is 0 Å². The predicted octanol–water partition coefficient (Wildman–Crippen LogP) is 4.94. The lowest BCUT2D eigenvalue weighted by atomic mass is 10.1. The molecular formula is C10H6Br2S. The van der Waals surface area contributed by atoms with Crippen molar-refractivity contribution in [1.29, 1.82) is 0 Å². The fourth-order valence-corrected chi connectivity index (χ4v) is 3.09. The van der Waals surface area contributed by atoms with E-state index in [4.69, 9.17) is 0 Å². The van der Waals surface area contributed by atoms with E-state index in [1.807, 2.05) is 18.2 Å². The molecule has 0 radical (unpaired) electrons. The maximum absolute atomic E-state index is 3.55. The van der Waals surface area contributed by atoms with Crippen LogP contribution in [0.4, 0.5) is 0 Å². The minimum Gasteiger partial charge on any atom is -0.135 e. The van der Waals surface area contributed by atoms with Gasteiger partial charge in [0.2, 0.25) is 0 Å². The summed E-state index contributed by atoms with van der Waals surface area (Å²) in [5.41, 5.74) is 2.49. The third-order valence-corrected chi connectivity index (χ3v) is 5.11. The number of thiophene rings is 1. The summed E-state index contributed by atoms with van der Waals surface area (Å²) in [4.78, 5) is 0. The largest absolute Gasteiger partial charge is 0.135 e. The summed E-state index contributed by atoms with van der Waals surface area (Å²) in [5.74, 6) is 0. The Morgan fingerprint density at radius 1 is 1.00 bits per heavy atom. The standard InChI is InChI=1S/C10H6Br2S/c11-9-8(6-13-10(9)12)7-4-2-1-3-5-7/h1-6H. The van der Waals surface area contributed by atoms with E-state index in [-0.39, 0.29) is 0 Å². The van der Waals surface area contributed by atoms with Crippen LogP contribution in [0.5, 0.6) is 0 Å². The maximum Gasteiger partial charge on any atom is 0.0846 e. The highest BCUT2D eigenvalue weighted by Gasteiger charge is 2.07. The maximum atomic E-state index is 3.55. The van der Waals surface area contributed by atoms with Crippen molar-refractivity contribution in [2.45, 2.75) is 0 Å². The van der Waals surface area contributed by atoms with Crippen molar-refractivity contribution >= 4 is 43.2 Å². The van der Waals surface area contributed by atoms with E-state index in [9.17, 15) is 0 Å². The van der Waals surface area contributed by atoms with Crippen LogP contribution in [0, 0.1) is 0 Å². The van der Waals surface area contributed by atoms with Gasteiger partial charge in [0.15, 0.2) is 0 Å². The summed E-state index contributed by atoms with van der Waals surface area (Å²) in [6.45, 7) is 0. The van der Waals surface area contributed by atoms with Gasteiger partial charge in [-0.2, -0.15) is 0 Å². The first kappa shape index (κ1) is 9.44. The number of halogens is 2. The number of benzene rings is 1. The van der Waals surface area contributed by atoms with Crippen LogP contribution in [0.3, 0.4) is 0 Å². The minimum absolute atomic E-state index is 1.14. The van der Waals surface area contributed by atoms with Crippen molar-refractivity contribution in [3.8, 4) is 11.1 Å². The van der Waals surface area contributed by atoms with Gasteiger partial charge in [-0.05, 0) is 37.4 Å². The molecule has 3 heteroatoms. The smallest absolute Gasteiger partial charge is 0.0846 e. The Kier molecular flexibility index (Phi) is 2.86. The van der Waals surface area contributed by atoms with Crippen molar-refractivity contribution in [2.75, 3.05) is 0 Å². The Labute approximate surface area is 97.9 Å². The lowest BCUT2D eigenvalue weighted by Gasteiger charge is -1.97. The molecule has 0 aliphatic carbocycles. The van der Waals surface area contributed by atoms with Crippen molar-refractivity contribution in [3.05, 3.63) is 44.0 Å². The van der Waals surface area contributed by atoms with Crippen LogP contribution >= 0.6 is 43.2 Å². The van der Waals surface area contributed by atoms with E-state index in [0.29, 0.717) is 0 Å². The first-order valence-corrected chi connectivity index (χ1v) is 6.23. The van der Waals surface area contributed by atoms with Gasteiger partial charge in [-0.15, -0.1) is 11.3 Å². The zero-order chi connectivity index (χ0) is 9.26. The molecule has 1 aromatic heterocycles. The fraction of sp³-hybridized carbons (Fsp3) is 0. The van der Waals surface area contributed by atoms with E-state index in [0.717, 1.165) is 8.26 Å². The summed E-state index contributed by atoms with van der Waals surface area (Å²) in [7, 11) is 0. The van der Waals surface area contributed by atoms with Gasteiger partial charge in [0.25, 0.3) is 0 Å². The second-order valence-electron chi connectivity index (χ2n) is 2.60. The molecule has 0 unspecified atom stereocenters. The van der Waals surface area contributed by atoms with Gasteiger partial charge in [-0.1, -0.05) is 30.3 Å². The molecule has 13 heavy (non-hydrogen) atoms.